The number of para-hydroxylation sites is 1. The van der Waals surface area contributed by atoms with Gasteiger partial charge in [0.05, 0.1) is 11.4 Å². The van der Waals surface area contributed by atoms with Crippen molar-refractivity contribution in [3.8, 4) is 5.75 Å². The molecule has 2 aromatic carbocycles. The fourth-order valence-corrected chi connectivity index (χ4v) is 3.53. The lowest BCUT2D eigenvalue weighted by Gasteiger charge is -2.17. The first-order valence-electron chi connectivity index (χ1n) is 9.33. The number of ether oxygens (including phenoxy) is 1. The molecule has 10 heteroatoms. The van der Waals surface area contributed by atoms with E-state index < -0.39 is 12.3 Å². The predicted molar refractivity (Wildman–Crippen MR) is 115 cm³/mol. The third-order valence-electron chi connectivity index (χ3n) is 4.06. The molecule has 2 amide bonds. The maximum atomic E-state index is 12.2. The van der Waals surface area contributed by atoms with Crippen LogP contribution in [0.4, 0.5) is 24.0 Å². The highest BCUT2D eigenvalue weighted by atomic mass is 32.1. The van der Waals surface area contributed by atoms with Crippen LogP contribution in [-0.2, 0) is 16.1 Å². The molecule has 6 nitrogen and oxygen atoms in total. The fraction of sp³-hybridized carbons (Fsp3) is 0.136. The molecule has 166 valence electrons. The van der Waals surface area contributed by atoms with Crippen LogP contribution in [0.25, 0.3) is 6.08 Å². The number of rotatable bonds is 7. The highest BCUT2D eigenvalue weighted by Gasteiger charge is 2.30. The van der Waals surface area contributed by atoms with Crippen molar-refractivity contribution in [2.24, 2.45) is 0 Å². The third-order valence-corrected chi connectivity index (χ3v) is 4.90. The number of anilines is 2. The summed E-state index contributed by atoms with van der Waals surface area (Å²) in [5.41, 5.74) is 1.81. The second kappa shape index (κ2) is 10.1. The van der Waals surface area contributed by atoms with E-state index >= 15 is 0 Å². The van der Waals surface area contributed by atoms with Gasteiger partial charge >= 0.3 is 6.36 Å². The lowest BCUT2D eigenvalue weighted by Crippen LogP contribution is -2.22. The van der Waals surface area contributed by atoms with Gasteiger partial charge in [-0.05, 0) is 35.9 Å². The highest BCUT2D eigenvalue weighted by molar-refractivity contribution is 7.14. The lowest BCUT2D eigenvalue weighted by atomic mass is 10.2. The van der Waals surface area contributed by atoms with E-state index in [9.17, 15) is 22.8 Å². The summed E-state index contributed by atoms with van der Waals surface area (Å²) >= 11 is 1.27. The van der Waals surface area contributed by atoms with E-state index in [1.165, 1.54) is 59.6 Å². The Morgan fingerprint density at radius 3 is 2.44 bits per heavy atom. The van der Waals surface area contributed by atoms with Crippen LogP contribution in [0.3, 0.4) is 0 Å². The normalized spacial score (nSPS) is 11.4. The van der Waals surface area contributed by atoms with Gasteiger partial charge in [0.25, 0.3) is 0 Å². The van der Waals surface area contributed by atoms with Crippen LogP contribution in [0.2, 0.25) is 0 Å². The number of halogens is 3. The molecule has 1 heterocycles. The minimum absolute atomic E-state index is 0.129. The van der Waals surface area contributed by atoms with Gasteiger partial charge in [-0.25, -0.2) is 4.98 Å². The number of hydrogen-bond donors (Lipinski definition) is 1. The zero-order valence-electron chi connectivity index (χ0n) is 16.8. The molecule has 0 radical (unpaired) electrons. The van der Waals surface area contributed by atoms with Crippen LogP contribution in [0, 0.1) is 0 Å². The SMILES string of the molecule is CC(=O)N(c1ccccc1)c1nc(/C=C/C(=O)NCc2ccc(OC(F)(F)F)cc2)cs1. The van der Waals surface area contributed by atoms with Crippen LogP contribution in [0.1, 0.15) is 18.2 Å². The average Bonchev–Trinajstić information content (AvgIpc) is 3.19. The molecule has 0 unspecified atom stereocenters. The maximum absolute atomic E-state index is 12.2. The molecule has 0 saturated carbocycles. The van der Waals surface area contributed by atoms with Crippen molar-refractivity contribution in [2.45, 2.75) is 19.8 Å². The van der Waals surface area contributed by atoms with E-state index in [2.05, 4.69) is 15.0 Å². The van der Waals surface area contributed by atoms with E-state index in [1.54, 1.807) is 17.5 Å². The number of hydrogen-bond acceptors (Lipinski definition) is 5. The van der Waals surface area contributed by atoms with E-state index in [4.69, 9.17) is 0 Å². The summed E-state index contributed by atoms with van der Waals surface area (Å²) in [5, 5.41) is 4.83. The van der Waals surface area contributed by atoms with Crippen molar-refractivity contribution < 1.29 is 27.5 Å². The highest BCUT2D eigenvalue weighted by Crippen LogP contribution is 2.29. The van der Waals surface area contributed by atoms with Gasteiger partial charge in [0.15, 0.2) is 5.13 Å². The van der Waals surface area contributed by atoms with Crippen molar-refractivity contribution in [2.75, 3.05) is 4.90 Å². The first-order chi connectivity index (χ1) is 15.2. The first kappa shape index (κ1) is 23.0. The van der Waals surface area contributed by atoms with Crippen LogP contribution >= 0.6 is 11.3 Å². The number of thiazole rings is 1. The number of benzene rings is 2. The first-order valence-corrected chi connectivity index (χ1v) is 10.2. The number of carbonyl (C=O) groups is 2. The summed E-state index contributed by atoms with van der Waals surface area (Å²) < 4.78 is 40.3. The van der Waals surface area contributed by atoms with Gasteiger partial charge in [-0.3, -0.25) is 14.5 Å². The van der Waals surface area contributed by atoms with E-state index in [0.717, 1.165) is 0 Å². The molecular weight excluding hydrogens is 443 g/mol. The number of carbonyl (C=O) groups excluding carboxylic acids is 2. The number of aromatic nitrogens is 1. The molecule has 1 N–H and O–H groups in total. The standard InChI is InChI=1S/C22H18F3N3O3S/c1-15(29)28(18-5-3-2-4-6-18)21-27-17(14-32-21)9-12-20(30)26-13-16-7-10-19(11-8-16)31-22(23,24)25/h2-12,14H,13H2,1H3,(H,26,30)/b12-9+. The summed E-state index contributed by atoms with van der Waals surface area (Å²) in [7, 11) is 0. The second-order valence-corrected chi connectivity index (χ2v) is 7.32. The minimum Gasteiger partial charge on any atom is -0.406 e. The maximum Gasteiger partial charge on any atom is 0.573 e. The van der Waals surface area contributed by atoms with Gasteiger partial charge in [-0.2, -0.15) is 0 Å². The molecule has 1 aromatic heterocycles. The summed E-state index contributed by atoms with van der Waals surface area (Å²) in [6, 6.07) is 14.3. The van der Waals surface area contributed by atoms with Crippen LogP contribution in [0.5, 0.6) is 5.75 Å². The van der Waals surface area contributed by atoms with Gasteiger partial charge in [0, 0.05) is 24.9 Å². The van der Waals surface area contributed by atoms with Crippen molar-refractivity contribution in [1.29, 1.82) is 0 Å². The molecule has 0 aliphatic rings. The molecular formula is C22H18F3N3O3S. The van der Waals surface area contributed by atoms with Crippen LogP contribution in [0.15, 0.2) is 66.1 Å². The average molecular weight is 461 g/mol. The van der Waals surface area contributed by atoms with Crippen LogP contribution in [-0.4, -0.2) is 23.2 Å². The van der Waals surface area contributed by atoms with E-state index in [-0.39, 0.29) is 18.2 Å². The number of amides is 2. The van der Waals surface area contributed by atoms with Crippen LogP contribution < -0.4 is 15.0 Å². The van der Waals surface area contributed by atoms with E-state index in [0.29, 0.717) is 22.1 Å². The Bertz CT molecular complexity index is 1100. The number of nitrogens with zero attached hydrogens (tertiary/aromatic N) is 2. The number of nitrogens with one attached hydrogen (secondary N) is 1. The molecule has 0 bridgehead atoms. The lowest BCUT2D eigenvalue weighted by molar-refractivity contribution is -0.274. The molecule has 3 aromatic rings. The van der Waals surface area contributed by atoms with Gasteiger partial charge in [0.1, 0.15) is 5.75 Å². The Balaban J connectivity index is 1.57. The summed E-state index contributed by atoms with van der Waals surface area (Å²) in [5.74, 6) is -0.922. The van der Waals surface area contributed by atoms with Crippen molar-refractivity contribution >= 4 is 40.0 Å². The largest absolute Gasteiger partial charge is 0.573 e. The van der Waals surface area contributed by atoms with Gasteiger partial charge in [-0.1, -0.05) is 30.3 Å². The molecule has 0 atom stereocenters. The zero-order chi connectivity index (χ0) is 23.1. The van der Waals surface area contributed by atoms with Gasteiger partial charge < -0.3 is 10.1 Å². The zero-order valence-corrected chi connectivity index (χ0v) is 17.6. The summed E-state index contributed by atoms with van der Waals surface area (Å²) in [6.07, 6.45) is -1.95. The van der Waals surface area contributed by atoms with Crippen molar-refractivity contribution in [3.05, 3.63) is 77.3 Å². The molecule has 0 aliphatic heterocycles. The second-order valence-electron chi connectivity index (χ2n) is 6.49. The Labute approximate surface area is 186 Å². The smallest absolute Gasteiger partial charge is 0.406 e. The summed E-state index contributed by atoms with van der Waals surface area (Å²) in [6.45, 7) is 1.57. The summed E-state index contributed by atoms with van der Waals surface area (Å²) in [4.78, 5) is 30.0. The predicted octanol–water partition coefficient (Wildman–Crippen LogP) is 5.06. The molecule has 0 aliphatic carbocycles. The molecule has 0 fully saturated rings. The molecule has 3 rings (SSSR count). The quantitative estimate of drug-likeness (QED) is 0.500. The Morgan fingerprint density at radius 1 is 1.12 bits per heavy atom. The van der Waals surface area contributed by atoms with Gasteiger partial charge in [0.2, 0.25) is 11.8 Å². The third kappa shape index (κ3) is 6.67. The topological polar surface area (TPSA) is 71.5 Å². The van der Waals surface area contributed by atoms with Gasteiger partial charge in [-0.15, -0.1) is 24.5 Å². The Morgan fingerprint density at radius 2 is 1.81 bits per heavy atom. The molecule has 0 spiro atoms. The Kier molecular flexibility index (Phi) is 7.26. The minimum atomic E-state index is -4.75. The molecule has 0 saturated heterocycles. The monoisotopic (exact) mass is 461 g/mol. The van der Waals surface area contributed by atoms with E-state index in [1.807, 2.05) is 18.2 Å². The van der Waals surface area contributed by atoms with Crippen molar-refractivity contribution in [1.82, 2.24) is 10.3 Å². The fourth-order valence-electron chi connectivity index (χ4n) is 2.68. The Hall–Kier alpha value is -3.66. The number of alkyl halides is 3. The molecule has 32 heavy (non-hydrogen) atoms. The van der Waals surface area contributed by atoms with Crippen molar-refractivity contribution in [3.63, 3.8) is 0 Å².